The fourth-order valence-corrected chi connectivity index (χ4v) is 2.94. The number of rotatable bonds is 3. The zero-order chi connectivity index (χ0) is 14.0. The van der Waals surface area contributed by atoms with Crippen LogP contribution in [0.2, 0.25) is 0 Å². The van der Waals surface area contributed by atoms with Gasteiger partial charge in [0.1, 0.15) is 11.6 Å². The number of benzene rings is 1. The minimum atomic E-state index is -0.639. The molecule has 2 nitrogen and oxygen atoms in total. The van der Waals surface area contributed by atoms with Crippen molar-refractivity contribution in [3.63, 3.8) is 0 Å². The number of carbonyl (C=O) groups is 1. The molecule has 100 valence electrons. The van der Waals surface area contributed by atoms with E-state index in [9.17, 15) is 13.6 Å². The van der Waals surface area contributed by atoms with Gasteiger partial charge in [0.2, 0.25) is 0 Å². The Morgan fingerprint density at radius 3 is 2.68 bits per heavy atom. The van der Waals surface area contributed by atoms with Gasteiger partial charge in [0, 0.05) is 30.6 Å². The van der Waals surface area contributed by atoms with Crippen LogP contribution in [0.5, 0.6) is 0 Å². The maximum atomic E-state index is 13.5. The van der Waals surface area contributed by atoms with Crippen molar-refractivity contribution in [2.75, 3.05) is 7.05 Å². The molecule has 0 spiro atoms. The summed E-state index contributed by atoms with van der Waals surface area (Å²) in [6.45, 7) is 0.109. The molecule has 0 saturated carbocycles. The van der Waals surface area contributed by atoms with E-state index in [0.29, 0.717) is 11.1 Å². The highest BCUT2D eigenvalue weighted by molar-refractivity contribution is 14.1. The van der Waals surface area contributed by atoms with Crippen LogP contribution in [0.4, 0.5) is 8.78 Å². The van der Waals surface area contributed by atoms with Crippen molar-refractivity contribution in [1.82, 2.24) is 4.90 Å². The second-order valence-corrected chi connectivity index (χ2v) is 6.84. The number of halogens is 3. The molecule has 2 aromatic rings. The highest BCUT2D eigenvalue weighted by Crippen LogP contribution is 2.19. The highest BCUT2D eigenvalue weighted by Gasteiger charge is 2.15. The molecule has 0 saturated heterocycles. The van der Waals surface area contributed by atoms with Crippen molar-refractivity contribution in [1.29, 1.82) is 0 Å². The summed E-state index contributed by atoms with van der Waals surface area (Å²) < 4.78 is 27.3. The molecule has 2 rings (SSSR count). The molecule has 1 aromatic carbocycles. The van der Waals surface area contributed by atoms with Gasteiger partial charge in [0.25, 0.3) is 5.91 Å². The third kappa shape index (κ3) is 3.50. The van der Waals surface area contributed by atoms with Gasteiger partial charge in [-0.3, -0.25) is 4.79 Å². The summed E-state index contributed by atoms with van der Waals surface area (Å²) in [6, 6.07) is 5.14. The second kappa shape index (κ2) is 5.96. The van der Waals surface area contributed by atoms with Crippen LogP contribution in [0.3, 0.4) is 0 Å². The lowest BCUT2D eigenvalue weighted by molar-refractivity contribution is 0.0784. The summed E-state index contributed by atoms with van der Waals surface area (Å²) in [7, 11) is 1.59. The van der Waals surface area contributed by atoms with E-state index in [4.69, 9.17) is 0 Å². The molecule has 0 aliphatic rings. The number of hydrogen-bond acceptors (Lipinski definition) is 2. The van der Waals surface area contributed by atoms with E-state index in [1.165, 1.54) is 28.4 Å². The van der Waals surface area contributed by atoms with E-state index in [1.807, 2.05) is 0 Å². The fourth-order valence-electron chi connectivity index (χ4n) is 1.62. The van der Waals surface area contributed by atoms with Gasteiger partial charge in [-0.15, -0.1) is 11.3 Å². The highest BCUT2D eigenvalue weighted by atomic mass is 127. The quantitative estimate of drug-likeness (QED) is 0.725. The van der Waals surface area contributed by atoms with Crippen molar-refractivity contribution in [2.24, 2.45) is 0 Å². The average Bonchev–Trinajstić information content (AvgIpc) is 2.78. The van der Waals surface area contributed by atoms with Gasteiger partial charge in [-0.05, 0) is 34.7 Å². The fraction of sp³-hybridized carbons (Fsp3) is 0.154. The summed E-state index contributed by atoms with van der Waals surface area (Å²) in [4.78, 5) is 13.5. The predicted octanol–water partition coefficient (Wildman–Crippen LogP) is 3.90. The first kappa shape index (κ1) is 14.4. The Labute approximate surface area is 127 Å². The van der Waals surface area contributed by atoms with Crippen LogP contribution in [0.25, 0.3) is 0 Å². The van der Waals surface area contributed by atoms with Crippen LogP contribution in [-0.2, 0) is 6.54 Å². The Bertz CT molecular complexity index is 614. The SMILES string of the molecule is CN(Cc1ccc(F)cc1F)C(=O)c1csc(I)c1. The molecule has 0 unspecified atom stereocenters. The molecule has 0 bridgehead atoms. The molecule has 0 fully saturated rings. The molecule has 0 aliphatic heterocycles. The second-order valence-electron chi connectivity index (χ2n) is 4.04. The van der Waals surface area contributed by atoms with Crippen LogP contribution in [0.15, 0.2) is 29.6 Å². The Kier molecular flexibility index (Phi) is 4.51. The van der Waals surface area contributed by atoms with Gasteiger partial charge in [-0.25, -0.2) is 8.78 Å². The van der Waals surface area contributed by atoms with Crippen LogP contribution in [-0.4, -0.2) is 17.9 Å². The maximum absolute atomic E-state index is 13.5. The molecule has 1 heterocycles. The number of thiophene rings is 1. The summed E-state index contributed by atoms with van der Waals surface area (Å²) >= 11 is 3.61. The monoisotopic (exact) mass is 393 g/mol. The minimum Gasteiger partial charge on any atom is -0.337 e. The lowest BCUT2D eigenvalue weighted by Gasteiger charge is -2.17. The Morgan fingerprint density at radius 1 is 1.37 bits per heavy atom. The summed E-state index contributed by atoms with van der Waals surface area (Å²) in [5.41, 5.74) is 0.876. The Morgan fingerprint density at radius 2 is 2.11 bits per heavy atom. The molecular formula is C13H10F2INOS. The molecule has 0 N–H and O–H groups in total. The Balaban J connectivity index is 2.12. The van der Waals surface area contributed by atoms with Crippen molar-refractivity contribution >= 4 is 39.8 Å². The van der Waals surface area contributed by atoms with Crippen LogP contribution >= 0.6 is 33.9 Å². The largest absolute Gasteiger partial charge is 0.337 e. The van der Waals surface area contributed by atoms with E-state index in [1.54, 1.807) is 18.5 Å². The van der Waals surface area contributed by atoms with Gasteiger partial charge in [-0.1, -0.05) is 6.07 Å². The van der Waals surface area contributed by atoms with Crippen LogP contribution in [0.1, 0.15) is 15.9 Å². The molecule has 1 amide bonds. The first-order valence-corrected chi connectivity index (χ1v) is 7.36. The van der Waals surface area contributed by atoms with Gasteiger partial charge < -0.3 is 4.90 Å². The van der Waals surface area contributed by atoms with E-state index in [0.717, 1.165) is 8.95 Å². The summed E-state index contributed by atoms with van der Waals surface area (Å²) in [6.07, 6.45) is 0. The normalized spacial score (nSPS) is 10.5. The summed E-state index contributed by atoms with van der Waals surface area (Å²) in [5, 5.41) is 1.77. The van der Waals surface area contributed by atoms with Crippen LogP contribution in [0, 0.1) is 14.5 Å². The minimum absolute atomic E-state index is 0.109. The molecule has 0 atom stereocenters. The number of hydrogen-bond donors (Lipinski definition) is 0. The van der Waals surface area contributed by atoms with Gasteiger partial charge in [0.15, 0.2) is 0 Å². The molecule has 0 aliphatic carbocycles. The van der Waals surface area contributed by atoms with Gasteiger partial charge >= 0.3 is 0 Å². The molecule has 1 aromatic heterocycles. The predicted molar refractivity (Wildman–Crippen MR) is 79.2 cm³/mol. The average molecular weight is 393 g/mol. The summed E-state index contributed by atoms with van der Waals surface area (Å²) in [5.74, 6) is -1.44. The third-order valence-electron chi connectivity index (χ3n) is 2.58. The zero-order valence-corrected chi connectivity index (χ0v) is 13.0. The lowest BCUT2D eigenvalue weighted by atomic mass is 10.2. The maximum Gasteiger partial charge on any atom is 0.254 e. The molecule has 6 heteroatoms. The third-order valence-corrected chi connectivity index (χ3v) is 4.37. The lowest BCUT2D eigenvalue weighted by Crippen LogP contribution is -2.26. The van der Waals surface area contributed by atoms with Gasteiger partial charge in [-0.2, -0.15) is 0 Å². The van der Waals surface area contributed by atoms with E-state index in [2.05, 4.69) is 22.6 Å². The van der Waals surface area contributed by atoms with E-state index in [-0.39, 0.29) is 12.5 Å². The Hall–Kier alpha value is -1.02. The number of carbonyl (C=O) groups excluding carboxylic acids is 1. The first-order chi connectivity index (χ1) is 8.97. The van der Waals surface area contributed by atoms with Crippen molar-refractivity contribution in [3.05, 3.63) is 55.3 Å². The first-order valence-electron chi connectivity index (χ1n) is 5.41. The molecule has 0 radical (unpaired) electrons. The van der Waals surface area contributed by atoms with Crippen molar-refractivity contribution in [3.8, 4) is 0 Å². The number of nitrogens with zero attached hydrogens (tertiary/aromatic N) is 1. The zero-order valence-electron chi connectivity index (χ0n) is 9.99. The molecular weight excluding hydrogens is 383 g/mol. The topological polar surface area (TPSA) is 20.3 Å². The van der Waals surface area contributed by atoms with E-state index >= 15 is 0 Å². The standard InChI is InChI=1S/C13H10F2INOS/c1-17(13(18)9-4-12(16)19-7-9)6-8-2-3-10(14)5-11(8)15/h2-5,7H,6H2,1H3. The smallest absolute Gasteiger partial charge is 0.254 e. The van der Waals surface area contributed by atoms with E-state index < -0.39 is 11.6 Å². The number of amides is 1. The van der Waals surface area contributed by atoms with Crippen molar-refractivity contribution in [2.45, 2.75) is 6.54 Å². The van der Waals surface area contributed by atoms with Gasteiger partial charge in [0.05, 0.1) is 8.45 Å². The molecule has 19 heavy (non-hydrogen) atoms. The van der Waals surface area contributed by atoms with Crippen LogP contribution < -0.4 is 0 Å². The van der Waals surface area contributed by atoms with Crippen molar-refractivity contribution < 1.29 is 13.6 Å².